The topological polar surface area (TPSA) is 37.3 Å². The molecule has 1 aliphatic rings. The van der Waals surface area contributed by atoms with Crippen molar-refractivity contribution in [2.45, 2.75) is 25.7 Å². The molecule has 0 aromatic rings. The molecule has 1 aliphatic carbocycles. The molecule has 0 aromatic carbocycles. The maximum atomic E-state index is 10.4. The lowest BCUT2D eigenvalue weighted by molar-refractivity contribution is 0.505. The fourth-order valence-corrected chi connectivity index (χ4v) is 1.63. The molecule has 0 heterocycles. The number of hydrogen-bond donors (Lipinski definition) is 1. The summed E-state index contributed by atoms with van der Waals surface area (Å²) in [6.07, 6.45) is 5.95. The second kappa shape index (κ2) is 3.09. The maximum Gasteiger partial charge on any atom is 0.541 e. The lowest BCUT2D eigenvalue weighted by Crippen LogP contribution is -1.86. The van der Waals surface area contributed by atoms with Gasteiger partial charge in [0.25, 0.3) is 0 Å². The van der Waals surface area contributed by atoms with Crippen molar-refractivity contribution in [2.24, 2.45) is 0 Å². The van der Waals surface area contributed by atoms with Crippen LogP contribution in [0.2, 0.25) is 0 Å². The molecule has 0 amide bonds. The quantitative estimate of drug-likeness (QED) is 0.574. The Bertz CT molecular complexity index is 151. The molecule has 0 saturated heterocycles. The van der Waals surface area contributed by atoms with Gasteiger partial charge in [-0.25, -0.2) is 0 Å². The van der Waals surface area contributed by atoms with Crippen molar-refractivity contribution in [1.82, 2.24) is 0 Å². The molecule has 3 heteroatoms. The van der Waals surface area contributed by atoms with Gasteiger partial charge in [0.2, 0.25) is 0 Å². The number of rotatable bonds is 1. The average Bonchev–Trinajstić information content (AvgIpc) is 1.90. The van der Waals surface area contributed by atoms with E-state index in [9.17, 15) is 4.57 Å². The van der Waals surface area contributed by atoms with Gasteiger partial charge >= 0.3 is 8.03 Å². The van der Waals surface area contributed by atoms with Crippen LogP contribution in [0, 0.1) is 0 Å². The zero-order valence-corrected chi connectivity index (χ0v) is 6.10. The van der Waals surface area contributed by atoms with Crippen LogP contribution in [-0.4, -0.2) is 4.89 Å². The zero-order chi connectivity index (χ0) is 6.69. The molecule has 2 nitrogen and oxygen atoms in total. The standard InChI is InChI=1S/C6H9O2P/c7-9(8)6-4-2-1-3-5-6/h4H,1-3,5H2/p+1. The second-order valence-electron chi connectivity index (χ2n) is 2.21. The van der Waals surface area contributed by atoms with Crippen LogP contribution in [0.5, 0.6) is 0 Å². The molecule has 9 heavy (non-hydrogen) atoms. The van der Waals surface area contributed by atoms with E-state index in [4.69, 9.17) is 4.89 Å². The highest BCUT2D eigenvalue weighted by Gasteiger charge is 2.21. The summed E-state index contributed by atoms with van der Waals surface area (Å²) >= 11 is 0. The Labute approximate surface area is 55.5 Å². The monoisotopic (exact) mass is 145 g/mol. The molecule has 1 rings (SSSR count). The van der Waals surface area contributed by atoms with Gasteiger partial charge in [-0.05, 0) is 29.9 Å². The van der Waals surface area contributed by atoms with Gasteiger partial charge in [0.05, 0.1) is 0 Å². The highest BCUT2D eigenvalue weighted by molar-refractivity contribution is 7.43. The molecular formula is C6H10O2P+. The van der Waals surface area contributed by atoms with E-state index in [0.717, 1.165) is 24.6 Å². The predicted octanol–water partition coefficient (Wildman–Crippen LogP) is 2.18. The van der Waals surface area contributed by atoms with E-state index >= 15 is 0 Å². The molecule has 0 aliphatic heterocycles. The third-order valence-corrected chi connectivity index (χ3v) is 2.41. The van der Waals surface area contributed by atoms with E-state index < -0.39 is 8.03 Å². The van der Waals surface area contributed by atoms with E-state index in [1.165, 1.54) is 6.42 Å². The molecule has 0 radical (unpaired) electrons. The molecular weight excluding hydrogens is 135 g/mol. The largest absolute Gasteiger partial charge is 0.541 e. The van der Waals surface area contributed by atoms with Crippen LogP contribution >= 0.6 is 8.03 Å². The summed E-state index contributed by atoms with van der Waals surface area (Å²) in [4.78, 5) is 8.62. The summed E-state index contributed by atoms with van der Waals surface area (Å²) in [5.41, 5.74) is 0. The Hall–Kier alpha value is -0.200. The average molecular weight is 145 g/mol. The van der Waals surface area contributed by atoms with Crippen LogP contribution in [0.4, 0.5) is 0 Å². The Morgan fingerprint density at radius 2 is 2.33 bits per heavy atom. The van der Waals surface area contributed by atoms with Crippen LogP contribution < -0.4 is 0 Å². The van der Waals surface area contributed by atoms with Gasteiger partial charge in [-0.1, -0.05) is 0 Å². The molecule has 0 fully saturated rings. The minimum absolute atomic E-state index is 0.747. The fraction of sp³-hybridized carbons (Fsp3) is 0.667. The van der Waals surface area contributed by atoms with Gasteiger partial charge in [0.15, 0.2) is 5.31 Å². The highest BCUT2D eigenvalue weighted by Crippen LogP contribution is 2.34. The summed E-state index contributed by atoms with van der Waals surface area (Å²) in [6.45, 7) is 0. The Morgan fingerprint density at radius 1 is 1.56 bits per heavy atom. The van der Waals surface area contributed by atoms with E-state index in [1.807, 2.05) is 6.08 Å². The first-order valence-corrected chi connectivity index (χ1v) is 4.37. The Kier molecular flexibility index (Phi) is 2.38. The smallest absolute Gasteiger partial charge is 0.156 e. The van der Waals surface area contributed by atoms with Crippen LogP contribution in [0.25, 0.3) is 0 Å². The minimum Gasteiger partial charge on any atom is -0.156 e. The van der Waals surface area contributed by atoms with Crippen LogP contribution in [0.1, 0.15) is 25.7 Å². The van der Waals surface area contributed by atoms with Gasteiger partial charge in [-0.2, -0.15) is 4.89 Å². The molecule has 1 N–H and O–H groups in total. The van der Waals surface area contributed by atoms with E-state index in [2.05, 4.69) is 0 Å². The molecule has 50 valence electrons. The minimum atomic E-state index is -2.01. The third-order valence-electron chi connectivity index (χ3n) is 1.51. The summed E-state index contributed by atoms with van der Waals surface area (Å²) in [6, 6.07) is 0. The molecule has 1 unspecified atom stereocenters. The van der Waals surface area contributed by atoms with Crippen molar-refractivity contribution in [2.75, 3.05) is 0 Å². The Morgan fingerprint density at radius 3 is 2.67 bits per heavy atom. The first kappa shape index (κ1) is 6.91. The predicted molar refractivity (Wildman–Crippen MR) is 36.4 cm³/mol. The van der Waals surface area contributed by atoms with Gasteiger partial charge in [-0.3, -0.25) is 0 Å². The van der Waals surface area contributed by atoms with Crippen LogP contribution in [0.15, 0.2) is 11.4 Å². The van der Waals surface area contributed by atoms with Gasteiger partial charge < -0.3 is 0 Å². The lowest BCUT2D eigenvalue weighted by atomic mass is 10.1. The number of hydrogen-bond acceptors (Lipinski definition) is 1. The SMILES string of the molecule is O=[P+](O)C1=CCCCC1. The first-order valence-electron chi connectivity index (χ1n) is 3.16. The molecule has 0 aromatic heterocycles. The van der Waals surface area contributed by atoms with Crippen molar-refractivity contribution < 1.29 is 9.46 Å². The normalized spacial score (nSPS) is 21.0. The summed E-state index contributed by atoms with van der Waals surface area (Å²) < 4.78 is 10.4. The zero-order valence-electron chi connectivity index (χ0n) is 5.21. The maximum absolute atomic E-state index is 10.4. The highest BCUT2D eigenvalue weighted by atomic mass is 31.1. The Balaban J connectivity index is 2.57. The van der Waals surface area contributed by atoms with E-state index in [0.29, 0.717) is 0 Å². The molecule has 0 spiro atoms. The first-order chi connectivity index (χ1) is 4.30. The van der Waals surface area contributed by atoms with E-state index in [-0.39, 0.29) is 0 Å². The summed E-state index contributed by atoms with van der Waals surface area (Å²) in [5.74, 6) is 0. The van der Waals surface area contributed by atoms with Crippen molar-refractivity contribution in [3.63, 3.8) is 0 Å². The van der Waals surface area contributed by atoms with Gasteiger partial charge in [0.1, 0.15) is 0 Å². The van der Waals surface area contributed by atoms with Gasteiger partial charge in [0, 0.05) is 6.42 Å². The number of allylic oxidation sites excluding steroid dienone is 2. The van der Waals surface area contributed by atoms with E-state index in [1.54, 1.807) is 0 Å². The third kappa shape index (κ3) is 1.88. The van der Waals surface area contributed by atoms with Crippen molar-refractivity contribution >= 4 is 8.03 Å². The van der Waals surface area contributed by atoms with Gasteiger partial charge in [-0.15, -0.1) is 0 Å². The molecule has 0 saturated carbocycles. The second-order valence-corrected chi connectivity index (χ2v) is 3.33. The van der Waals surface area contributed by atoms with Crippen LogP contribution in [0.3, 0.4) is 0 Å². The van der Waals surface area contributed by atoms with Crippen molar-refractivity contribution in [3.8, 4) is 0 Å². The summed E-state index contributed by atoms with van der Waals surface area (Å²) in [5, 5.41) is 0.747. The van der Waals surface area contributed by atoms with Crippen molar-refractivity contribution in [1.29, 1.82) is 0 Å². The van der Waals surface area contributed by atoms with Crippen molar-refractivity contribution in [3.05, 3.63) is 11.4 Å². The van der Waals surface area contributed by atoms with Crippen LogP contribution in [-0.2, 0) is 4.57 Å². The summed E-state index contributed by atoms with van der Waals surface area (Å²) in [7, 11) is -2.01. The fourth-order valence-electron chi connectivity index (χ4n) is 0.995. The lowest BCUT2D eigenvalue weighted by Gasteiger charge is -1.99. The molecule has 0 bridgehead atoms. The molecule has 1 atom stereocenters.